The molecule has 1 rings (SSSR count). The van der Waals surface area contributed by atoms with Crippen LogP contribution in [-0.2, 0) is 0 Å². The monoisotopic (exact) mass is 207 g/mol. The maximum Gasteiger partial charge on any atom is 0.0437 e. The number of aliphatic hydroxyl groups excluding tert-OH is 1. The number of nitrogens with two attached hydrogens (primary N) is 1. The molecule has 0 aliphatic rings. The van der Waals surface area contributed by atoms with Crippen LogP contribution in [0.1, 0.15) is 36.0 Å². The van der Waals surface area contributed by atoms with Gasteiger partial charge < -0.3 is 10.8 Å². The molecule has 2 nitrogen and oxygen atoms in total. The summed E-state index contributed by atoms with van der Waals surface area (Å²) in [6, 6.07) is 6.56. The molecular formula is C13H21NO. The maximum absolute atomic E-state index is 9.03. The van der Waals surface area contributed by atoms with Crippen LogP contribution in [0.5, 0.6) is 0 Å². The van der Waals surface area contributed by atoms with E-state index in [4.69, 9.17) is 10.8 Å². The fourth-order valence-corrected chi connectivity index (χ4v) is 2.10. The van der Waals surface area contributed by atoms with Gasteiger partial charge in [-0.2, -0.15) is 0 Å². The van der Waals surface area contributed by atoms with Gasteiger partial charge in [-0.05, 0) is 32.8 Å². The van der Waals surface area contributed by atoms with Gasteiger partial charge in [0.1, 0.15) is 0 Å². The van der Waals surface area contributed by atoms with Gasteiger partial charge in [0.15, 0.2) is 0 Å². The van der Waals surface area contributed by atoms with Crippen molar-refractivity contribution in [2.75, 3.05) is 6.61 Å². The molecule has 0 bridgehead atoms. The van der Waals surface area contributed by atoms with E-state index in [0.717, 1.165) is 6.42 Å². The van der Waals surface area contributed by atoms with E-state index in [2.05, 4.69) is 32.0 Å². The van der Waals surface area contributed by atoms with E-state index in [9.17, 15) is 0 Å². The molecule has 15 heavy (non-hydrogen) atoms. The van der Waals surface area contributed by atoms with Crippen LogP contribution < -0.4 is 5.73 Å². The first-order chi connectivity index (χ1) is 7.04. The summed E-state index contributed by atoms with van der Waals surface area (Å²) < 4.78 is 0. The van der Waals surface area contributed by atoms with Gasteiger partial charge in [-0.15, -0.1) is 0 Å². The van der Waals surface area contributed by atoms with E-state index in [0.29, 0.717) is 0 Å². The van der Waals surface area contributed by atoms with E-state index >= 15 is 0 Å². The Hall–Kier alpha value is -0.860. The Balaban J connectivity index is 2.99. The van der Waals surface area contributed by atoms with Crippen molar-refractivity contribution in [2.45, 2.75) is 39.2 Å². The molecule has 0 saturated carbocycles. The van der Waals surface area contributed by atoms with Gasteiger partial charge in [0.2, 0.25) is 0 Å². The molecule has 0 spiro atoms. The van der Waals surface area contributed by atoms with Gasteiger partial charge in [0.05, 0.1) is 0 Å². The molecule has 0 amide bonds. The number of benzene rings is 1. The smallest absolute Gasteiger partial charge is 0.0437 e. The van der Waals surface area contributed by atoms with Crippen molar-refractivity contribution in [1.82, 2.24) is 0 Å². The Morgan fingerprint density at radius 1 is 1.20 bits per heavy atom. The lowest BCUT2D eigenvalue weighted by atomic mass is 9.88. The molecule has 2 heteroatoms. The number of hydrogen-bond donors (Lipinski definition) is 2. The lowest BCUT2D eigenvalue weighted by Crippen LogP contribution is -2.25. The predicted octanol–water partition coefficient (Wildman–Crippen LogP) is 2.12. The normalized spacial score (nSPS) is 15.0. The zero-order valence-electron chi connectivity index (χ0n) is 9.83. The van der Waals surface area contributed by atoms with E-state index in [1.165, 1.54) is 16.7 Å². The van der Waals surface area contributed by atoms with Crippen molar-refractivity contribution in [3.63, 3.8) is 0 Å². The molecule has 0 aliphatic carbocycles. The van der Waals surface area contributed by atoms with Gasteiger partial charge >= 0.3 is 0 Å². The fourth-order valence-electron chi connectivity index (χ4n) is 2.10. The van der Waals surface area contributed by atoms with Crippen LogP contribution in [0.15, 0.2) is 18.2 Å². The molecule has 84 valence electrons. The molecule has 0 aromatic heterocycles. The second kappa shape index (κ2) is 5.29. The summed E-state index contributed by atoms with van der Waals surface area (Å²) in [5.74, 6) is 0.258. The summed E-state index contributed by atoms with van der Waals surface area (Å²) in [5.41, 5.74) is 9.71. The highest BCUT2D eigenvalue weighted by atomic mass is 16.3. The molecule has 0 aliphatic heterocycles. The van der Waals surface area contributed by atoms with Gasteiger partial charge in [-0.25, -0.2) is 0 Å². The minimum Gasteiger partial charge on any atom is -0.396 e. The van der Waals surface area contributed by atoms with Crippen LogP contribution in [0, 0.1) is 13.8 Å². The van der Waals surface area contributed by atoms with Crippen LogP contribution in [0.2, 0.25) is 0 Å². The summed E-state index contributed by atoms with van der Waals surface area (Å²) >= 11 is 0. The zero-order chi connectivity index (χ0) is 11.4. The van der Waals surface area contributed by atoms with Gasteiger partial charge in [-0.3, -0.25) is 0 Å². The highest BCUT2D eigenvalue weighted by Gasteiger charge is 2.15. The molecule has 0 fully saturated rings. The van der Waals surface area contributed by atoms with Crippen molar-refractivity contribution in [3.8, 4) is 0 Å². The van der Waals surface area contributed by atoms with Crippen LogP contribution in [-0.4, -0.2) is 17.8 Å². The van der Waals surface area contributed by atoms with Crippen molar-refractivity contribution in [1.29, 1.82) is 0 Å². The fraction of sp³-hybridized carbons (Fsp3) is 0.538. The highest BCUT2D eigenvalue weighted by Crippen LogP contribution is 2.24. The van der Waals surface area contributed by atoms with Crippen molar-refractivity contribution in [2.24, 2.45) is 5.73 Å². The third-order valence-corrected chi connectivity index (χ3v) is 2.75. The summed E-state index contributed by atoms with van der Waals surface area (Å²) in [7, 11) is 0. The number of aryl methyl sites for hydroxylation is 2. The van der Waals surface area contributed by atoms with E-state index in [1.807, 2.05) is 6.92 Å². The van der Waals surface area contributed by atoms with Crippen molar-refractivity contribution >= 4 is 0 Å². The van der Waals surface area contributed by atoms with E-state index < -0.39 is 0 Å². The average Bonchev–Trinajstić information content (AvgIpc) is 2.11. The molecule has 1 aromatic carbocycles. The Kier molecular flexibility index (Phi) is 4.30. The Morgan fingerprint density at radius 2 is 1.73 bits per heavy atom. The van der Waals surface area contributed by atoms with Crippen molar-refractivity contribution in [3.05, 3.63) is 34.9 Å². The maximum atomic E-state index is 9.03. The predicted molar refractivity (Wildman–Crippen MR) is 64.0 cm³/mol. The molecule has 2 unspecified atom stereocenters. The minimum absolute atomic E-state index is 0.0818. The quantitative estimate of drug-likeness (QED) is 0.794. The molecular weight excluding hydrogens is 186 g/mol. The standard InChI is InChI=1S/C13H21NO/c1-9-6-10(2)8-12(7-9)13(4-5-15)11(3)14/h6-8,11,13,15H,4-5,14H2,1-3H3. The summed E-state index contributed by atoms with van der Waals surface area (Å²) in [6.45, 7) is 6.37. The van der Waals surface area contributed by atoms with Crippen LogP contribution >= 0.6 is 0 Å². The highest BCUT2D eigenvalue weighted by molar-refractivity contribution is 5.31. The third kappa shape index (κ3) is 3.33. The average molecular weight is 207 g/mol. The summed E-state index contributed by atoms with van der Waals surface area (Å²) in [6.07, 6.45) is 0.737. The van der Waals surface area contributed by atoms with Gasteiger partial charge in [0, 0.05) is 18.6 Å². The van der Waals surface area contributed by atoms with Crippen LogP contribution in [0.4, 0.5) is 0 Å². The van der Waals surface area contributed by atoms with Crippen LogP contribution in [0.3, 0.4) is 0 Å². The topological polar surface area (TPSA) is 46.2 Å². The number of aliphatic hydroxyl groups is 1. The SMILES string of the molecule is Cc1cc(C)cc(C(CCO)C(C)N)c1. The molecule has 3 N–H and O–H groups in total. The molecule has 0 saturated heterocycles. The minimum atomic E-state index is 0.0818. The Morgan fingerprint density at radius 3 is 2.13 bits per heavy atom. The number of rotatable bonds is 4. The summed E-state index contributed by atoms with van der Waals surface area (Å²) in [4.78, 5) is 0. The number of hydrogen-bond acceptors (Lipinski definition) is 2. The lowest BCUT2D eigenvalue weighted by molar-refractivity contribution is 0.269. The molecule has 2 atom stereocenters. The van der Waals surface area contributed by atoms with Gasteiger partial charge in [-0.1, -0.05) is 29.3 Å². The lowest BCUT2D eigenvalue weighted by Gasteiger charge is -2.21. The summed E-state index contributed by atoms with van der Waals surface area (Å²) in [5, 5.41) is 9.03. The van der Waals surface area contributed by atoms with Crippen molar-refractivity contribution < 1.29 is 5.11 Å². The second-order valence-electron chi connectivity index (χ2n) is 4.40. The molecule has 0 radical (unpaired) electrons. The molecule has 1 aromatic rings. The first-order valence-corrected chi connectivity index (χ1v) is 5.49. The molecule has 0 heterocycles. The largest absolute Gasteiger partial charge is 0.396 e. The second-order valence-corrected chi connectivity index (χ2v) is 4.40. The Bertz CT molecular complexity index is 300. The third-order valence-electron chi connectivity index (χ3n) is 2.75. The first kappa shape index (κ1) is 12.2. The Labute approximate surface area is 92.1 Å². The van der Waals surface area contributed by atoms with Crippen LogP contribution in [0.25, 0.3) is 0 Å². The van der Waals surface area contributed by atoms with E-state index in [-0.39, 0.29) is 18.6 Å². The zero-order valence-corrected chi connectivity index (χ0v) is 9.83. The van der Waals surface area contributed by atoms with Gasteiger partial charge in [0.25, 0.3) is 0 Å². The first-order valence-electron chi connectivity index (χ1n) is 5.49. The van der Waals surface area contributed by atoms with E-state index in [1.54, 1.807) is 0 Å².